The van der Waals surface area contributed by atoms with E-state index in [0.29, 0.717) is 5.57 Å². The molecule has 1 rings (SSSR count). The highest BCUT2D eigenvalue weighted by molar-refractivity contribution is 6.34. The van der Waals surface area contributed by atoms with Crippen LogP contribution < -0.4 is 0 Å². The lowest BCUT2D eigenvalue weighted by molar-refractivity contribution is -0.161. The van der Waals surface area contributed by atoms with Crippen LogP contribution in [0.1, 0.15) is 60.8 Å². The Labute approximate surface area is 162 Å². The Kier molecular flexibility index (Phi) is 8.35. The Morgan fingerprint density at radius 2 is 1.70 bits per heavy atom. The van der Waals surface area contributed by atoms with Gasteiger partial charge in [0.2, 0.25) is 5.78 Å². The maximum atomic E-state index is 11.5. The van der Waals surface area contributed by atoms with Crippen LogP contribution in [-0.4, -0.2) is 17.7 Å². The van der Waals surface area contributed by atoms with Crippen molar-refractivity contribution in [3.8, 4) is 0 Å². The topological polar surface area (TPSA) is 60.4 Å². The van der Waals surface area contributed by atoms with Gasteiger partial charge >= 0.3 is 11.9 Å². The first-order valence-electron chi connectivity index (χ1n) is 9.21. The van der Waals surface area contributed by atoms with Gasteiger partial charge in [-0.2, -0.15) is 0 Å². The normalized spacial score (nSPS) is 18.3. The lowest BCUT2D eigenvalue weighted by Gasteiger charge is -2.32. The number of rotatable bonds is 6. The molecule has 0 spiro atoms. The Hall–Kier alpha value is -2.49. The van der Waals surface area contributed by atoms with Crippen LogP contribution in [0.15, 0.2) is 58.7 Å². The first kappa shape index (κ1) is 22.6. The summed E-state index contributed by atoms with van der Waals surface area (Å²) in [7, 11) is 0. The predicted octanol–water partition coefficient (Wildman–Crippen LogP) is 5.18. The highest BCUT2D eigenvalue weighted by Crippen LogP contribution is 2.40. The molecule has 0 atom stereocenters. The van der Waals surface area contributed by atoms with Gasteiger partial charge in [-0.05, 0) is 56.6 Å². The van der Waals surface area contributed by atoms with E-state index in [2.05, 4.69) is 37.7 Å². The van der Waals surface area contributed by atoms with E-state index >= 15 is 0 Å². The van der Waals surface area contributed by atoms with Crippen LogP contribution in [0, 0.1) is 5.41 Å². The molecule has 0 radical (unpaired) electrons. The number of carbonyl (C=O) groups is 3. The van der Waals surface area contributed by atoms with E-state index in [-0.39, 0.29) is 5.41 Å². The molecule has 0 saturated carbocycles. The molecule has 0 aliphatic heterocycles. The lowest BCUT2D eigenvalue weighted by Crippen LogP contribution is -2.19. The number of allylic oxidation sites excluding steroid dienone is 9. The minimum absolute atomic E-state index is 0.214. The molecule has 0 bridgehead atoms. The third-order valence-corrected chi connectivity index (χ3v) is 4.60. The van der Waals surface area contributed by atoms with Crippen LogP contribution >= 0.6 is 0 Å². The van der Waals surface area contributed by atoms with Crippen molar-refractivity contribution in [1.82, 2.24) is 0 Å². The van der Waals surface area contributed by atoms with Crippen molar-refractivity contribution in [2.24, 2.45) is 5.41 Å². The summed E-state index contributed by atoms with van der Waals surface area (Å²) in [4.78, 5) is 33.3. The summed E-state index contributed by atoms with van der Waals surface area (Å²) >= 11 is 0. The van der Waals surface area contributed by atoms with Gasteiger partial charge in [0.05, 0.1) is 0 Å². The SMILES string of the molecule is CC(=O)C(=O)OC(=O)/C=C(C)/C=C/C=C(C)/C=C/C1=C(C)CCCC1(C)C. The van der Waals surface area contributed by atoms with Crippen molar-refractivity contribution in [3.63, 3.8) is 0 Å². The second kappa shape index (κ2) is 10.0. The molecule has 146 valence electrons. The van der Waals surface area contributed by atoms with Crippen molar-refractivity contribution in [1.29, 1.82) is 0 Å². The van der Waals surface area contributed by atoms with Gasteiger partial charge in [0, 0.05) is 13.0 Å². The zero-order chi connectivity index (χ0) is 20.6. The standard InChI is InChI=1S/C23H30O4/c1-16(12-13-20-18(3)11-8-14-23(20,5)6)9-7-10-17(2)15-21(25)27-22(26)19(4)24/h7,9-10,12-13,15H,8,11,14H2,1-6H3/b10-7+,13-12+,16-9+,17-15+. The van der Waals surface area contributed by atoms with Gasteiger partial charge in [0.15, 0.2) is 0 Å². The van der Waals surface area contributed by atoms with Gasteiger partial charge in [-0.15, -0.1) is 0 Å². The van der Waals surface area contributed by atoms with E-state index in [0.717, 1.165) is 18.9 Å². The first-order valence-corrected chi connectivity index (χ1v) is 9.21. The van der Waals surface area contributed by atoms with E-state index in [1.54, 1.807) is 13.0 Å². The van der Waals surface area contributed by atoms with Gasteiger partial charge in [0.25, 0.3) is 0 Å². The first-order chi connectivity index (χ1) is 12.5. The molecule has 0 amide bonds. The minimum atomic E-state index is -1.15. The number of ketones is 1. The summed E-state index contributed by atoms with van der Waals surface area (Å²) in [5.74, 6) is -2.80. The molecule has 27 heavy (non-hydrogen) atoms. The van der Waals surface area contributed by atoms with E-state index < -0.39 is 17.7 Å². The van der Waals surface area contributed by atoms with E-state index in [4.69, 9.17) is 0 Å². The Bertz CT molecular complexity index is 755. The molecule has 1 aliphatic rings. The van der Waals surface area contributed by atoms with Gasteiger partial charge in [0.1, 0.15) is 0 Å². The van der Waals surface area contributed by atoms with Crippen LogP contribution in [0.4, 0.5) is 0 Å². The fourth-order valence-electron chi connectivity index (χ4n) is 3.06. The monoisotopic (exact) mass is 370 g/mol. The predicted molar refractivity (Wildman–Crippen MR) is 108 cm³/mol. The molecule has 4 nitrogen and oxygen atoms in total. The smallest absolute Gasteiger partial charge is 0.382 e. The number of ether oxygens (including phenoxy) is 1. The average Bonchev–Trinajstić information content (AvgIpc) is 2.53. The molecule has 0 aromatic heterocycles. The average molecular weight is 370 g/mol. The quantitative estimate of drug-likeness (QED) is 0.213. The molecular weight excluding hydrogens is 340 g/mol. The molecule has 0 aromatic rings. The molecule has 4 heteroatoms. The van der Waals surface area contributed by atoms with Crippen LogP contribution in [0.2, 0.25) is 0 Å². The highest BCUT2D eigenvalue weighted by atomic mass is 16.6. The molecule has 0 unspecified atom stereocenters. The second-order valence-corrected chi connectivity index (χ2v) is 7.69. The number of carbonyl (C=O) groups excluding carboxylic acids is 3. The van der Waals surface area contributed by atoms with Crippen molar-refractivity contribution < 1.29 is 19.1 Å². The lowest BCUT2D eigenvalue weighted by atomic mass is 9.72. The molecule has 1 aliphatic carbocycles. The van der Waals surface area contributed by atoms with Gasteiger partial charge in [-0.25, -0.2) is 9.59 Å². The molecule has 0 N–H and O–H groups in total. The summed E-state index contributed by atoms with van der Waals surface area (Å²) in [5, 5.41) is 0. The molecule has 0 aromatic carbocycles. The van der Waals surface area contributed by atoms with E-state index in [9.17, 15) is 14.4 Å². The number of Topliss-reactive ketones (excluding diaryl/α,β-unsaturated/α-hetero) is 1. The number of hydrogen-bond donors (Lipinski definition) is 0. The van der Waals surface area contributed by atoms with Gasteiger partial charge < -0.3 is 4.74 Å². The van der Waals surface area contributed by atoms with Crippen molar-refractivity contribution in [2.75, 3.05) is 0 Å². The third kappa shape index (κ3) is 7.73. The highest BCUT2D eigenvalue weighted by Gasteiger charge is 2.26. The van der Waals surface area contributed by atoms with Gasteiger partial charge in [-0.3, -0.25) is 4.79 Å². The van der Waals surface area contributed by atoms with Crippen LogP contribution in [-0.2, 0) is 19.1 Å². The second-order valence-electron chi connectivity index (χ2n) is 7.69. The van der Waals surface area contributed by atoms with E-state index in [1.165, 1.54) is 30.1 Å². The van der Waals surface area contributed by atoms with Crippen molar-refractivity contribution in [2.45, 2.75) is 60.8 Å². The van der Waals surface area contributed by atoms with Crippen LogP contribution in [0.3, 0.4) is 0 Å². The number of esters is 2. The largest absolute Gasteiger partial charge is 0.384 e. The van der Waals surface area contributed by atoms with Gasteiger partial charge in [-0.1, -0.05) is 55.4 Å². The maximum Gasteiger partial charge on any atom is 0.382 e. The van der Waals surface area contributed by atoms with Crippen LogP contribution in [0.25, 0.3) is 0 Å². The molecule has 0 heterocycles. The summed E-state index contributed by atoms with van der Waals surface area (Å²) in [6, 6.07) is 0. The zero-order valence-corrected chi connectivity index (χ0v) is 17.2. The van der Waals surface area contributed by atoms with Crippen molar-refractivity contribution in [3.05, 3.63) is 58.7 Å². The summed E-state index contributed by atoms with van der Waals surface area (Å²) in [6.07, 6.45) is 14.6. The third-order valence-electron chi connectivity index (χ3n) is 4.60. The van der Waals surface area contributed by atoms with Crippen LogP contribution in [0.5, 0.6) is 0 Å². The minimum Gasteiger partial charge on any atom is -0.384 e. The fraction of sp³-hybridized carbons (Fsp3) is 0.435. The maximum absolute atomic E-state index is 11.5. The zero-order valence-electron chi connectivity index (χ0n) is 17.2. The molecule has 0 saturated heterocycles. The summed E-state index contributed by atoms with van der Waals surface area (Å²) < 4.78 is 4.38. The molecular formula is C23H30O4. The molecule has 0 fully saturated rings. The Balaban J connectivity index is 2.72. The Morgan fingerprint density at radius 1 is 1.04 bits per heavy atom. The summed E-state index contributed by atoms with van der Waals surface area (Å²) in [5.41, 5.74) is 4.81. The van der Waals surface area contributed by atoms with E-state index in [1.807, 2.05) is 19.1 Å². The Morgan fingerprint density at radius 3 is 2.30 bits per heavy atom. The number of hydrogen-bond acceptors (Lipinski definition) is 4. The summed E-state index contributed by atoms with van der Waals surface area (Å²) in [6.45, 7) is 11.6. The van der Waals surface area contributed by atoms with Crippen molar-refractivity contribution >= 4 is 17.7 Å². The fourth-order valence-corrected chi connectivity index (χ4v) is 3.06.